The summed E-state index contributed by atoms with van der Waals surface area (Å²) >= 11 is 0. The largest absolute Gasteiger partial charge is 0.416 e. The molecule has 0 spiro atoms. The number of fused-ring (bicyclic) bond motifs is 1. The molecule has 0 aliphatic heterocycles. The average molecular weight is 1090 g/mol. The molecule has 0 atom stereocenters. The van der Waals surface area contributed by atoms with Gasteiger partial charge in [0.15, 0.2) is 5.75 Å². The first-order chi connectivity index (χ1) is 32.9. The first-order valence-corrected chi connectivity index (χ1v) is 22.1. The van der Waals surface area contributed by atoms with Crippen molar-refractivity contribution < 1.29 is 110 Å². The standard InChI is InChI=1S/C32H12BF24.C14H15OS/c34-25(35,36)13-1-14(26(37,38)39)6-21(5-13)33(22-7-15(27(40,41)42)2-16(8-22)28(43,44)45,23-9-17(29(46,47)48)3-18(10-23)30(49,50)51)24-11-19(31(52,53)54)4-20(12-24)32(55,56)57;1-16(2)10-14(15)13-9-5-7-11-6-3-4-8-12(11)13/h1-12H;3-9H,10H2,1-2H3/q-1;+1. The molecule has 0 radical (unpaired) electrons. The number of alkyl halides is 24. The molecule has 0 aliphatic rings. The van der Waals surface area contributed by atoms with Gasteiger partial charge in [0.25, 0.3) is 0 Å². The van der Waals surface area contributed by atoms with Gasteiger partial charge in [-0.25, -0.2) is 0 Å². The van der Waals surface area contributed by atoms with Gasteiger partial charge >= 0.3 is 49.4 Å². The lowest BCUT2D eigenvalue weighted by Gasteiger charge is -2.46. The number of rotatable bonds is 7. The summed E-state index contributed by atoms with van der Waals surface area (Å²) in [5.41, 5.74) is -29.3. The lowest BCUT2D eigenvalue weighted by atomic mass is 9.12. The molecule has 6 rings (SSSR count). The highest BCUT2D eigenvalue weighted by Gasteiger charge is 2.47. The first kappa shape index (κ1) is 57.9. The molecule has 73 heavy (non-hydrogen) atoms. The van der Waals surface area contributed by atoms with Crippen molar-refractivity contribution in [3.8, 4) is 0 Å². The van der Waals surface area contributed by atoms with Gasteiger partial charge in [-0.1, -0.05) is 91.0 Å². The number of benzene rings is 6. The van der Waals surface area contributed by atoms with Crippen LogP contribution in [0.15, 0.2) is 115 Å². The Morgan fingerprint density at radius 2 is 0.589 bits per heavy atom. The number of hydrogen-bond donors (Lipinski definition) is 0. The molecule has 1 nitrogen and oxygen atoms in total. The van der Waals surface area contributed by atoms with Crippen molar-refractivity contribution in [2.75, 3.05) is 18.3 Å². The second-order valence-corrected chi connectivity index (χ2v) is 18.6. The van der Waals surface area contributed by atoms with Crippen LogP contribution in [-0.2, 0) is 60.3 Å². The molecule has 0 N–H and O–H groups in total. The van der Waals surface area contributed by atoms with Gasteiger partial charge in [0.1, 0.15) is 6.15 Å². The van der Waals surface area contributed by atoms with Crippen LogP contribution in [0.1, 0.15) is 54.9 Å². The van der Waals surface area contributed by atoms with Crippen LogP contribution in [0.3, 0.4) is 0 Å². The Balaban J connectivity index is 0.000000520. The minimum Gasteiger partial charge on any atom is -0.289 e. The summed E-state index contributed by atoms with van der Waals surface area (Å²) in [7, 11) is 0.161. The summed E-state index contributed by atoms with van der Waals surface area (Å²) in [5, 5.41) is 2.21. The zero-order chi connectivity index (χ0) is 55.5. The van der Waals surface area contributed by atoms with Crippen molar-refractivity contribution in [3.05, 3.63) is 165 Å². The quantitative estimate of drug-likeness (QED) is 0.0674. The van der Waals surface area contributed by atoms with E-state index in [4.69, 9.17) is 0 Å². The highest BCUT2D eigenvalue weighted by molar-refractivity contribution is 7.96. The third kappa shape index (κ3) is 13.2. The van der Waals surface area contributed by atoms with E-state index in [-0.39, 0.29) is 16.7 Å². The summed E-state index contributed by atoms with van der Waals surface area (Å²) in [5.74, 6) is 0.902. The highest BCUT2D eigenvalue weighted by Crippen LogP contribution is 2.41. The van der Waals surface area contributed by atoms with Gasteiger partial charge in [0.2, 0.25) is 5.78 Å². The summed E-state index contributed by atoms with van der Waals surface area (Å²) in [4.78, 5) is 12.1. The van der Waals surface area contributed by atoms with Crippen LogP contribution in [0.2, 0.25) is 0 Å². The number of carbonyl (C=O) groups is 1. The number of hydrogen-bond acceptors (Lipinski definition) is 1. The molecule has 0 unspecified atom stereocenters. The predicted octanol–water partition coefficient (Wildman–Crippen LogP) is 14.1. The van der Waals surface area contributed by atoms with Crippen molar-refractivity contribution in [2.24, 2.45) is 0 Å². The highest BCUT2D eigenvalue weighted by atomic mass is 32.2. The molecule has 6 aromatic rings. The molecule has 0 amide bonds. The Hall–Kier alpha value is -6.02. The third-order valence-corrected chi connectivity index (χ3v) is 11.8. The van der Waals surface area contributed by atoms with Crippen LogP contribution < -0.4 is 21.9 Å². The van der Waals surface area contributed by atoms with Crippen LogP contribution in [-0.4, -0.2) is 30.2 Å². The fraction of sp³-hybridized carbons (Fsp3) is 0.239. The van der Waals surface area contributed by atoms with E-state index in [1.165, 1.54) is 0 Å². The minimum absolute atomic E-state index is 0.161. The SMILES string of the molecule is C[S+](C)CC(=O)c1cccc2ccccc12.FC(F)(F)c1cc([B-](c2cc(C(F)(F)F)cc(C(F)(F)F)c2)(c2cc(C(F)(F)F)cc(C(F)(F)F)c2)c2cc(C(F)(F)F)cc(C(F)(F)F)c2)cc(C(F)(F)F)c1. The van der Waals surface area contributed by atoms with Gasteiger partial charge in [0.05, 0.1) is 57.0 Å². The van der Waals surface area contributed by atoms with E-state index in [1.54, 1.807) is 0 Å². The summed E-state index contributed by atoms with van der Waals surface area (Å²) < 4.78 is 341. The third-order valence-electron chi connectivity index (χ3n) is 10.9. The van der Waals surface area contributed by atoms with Gasteiger partial charge in [-0.05, 0) is 45.9 Å². The lowest BCUT2D eigenvalue weighted by molar-refractivity contribution is -0.144. The molecule has 0 saturated heterocycles. The Morgan fingerprint density at radius 1 is 0.356 bits per heavy atom. The lowest BCUT2D eigenvalue weighted by Crippen LogP contribution is -2.75. The maximum Gasteiger partial charge on any atom is 0.416 e. The van der Waals surface area contributed by atoms with Gasteiger partial charge in [-0.3, -0.25) is 4.79 Å². The molecule has 27 heteroatoms. The van der Waals surface area contributed by atoms with Crippen LogP contribution in [0, 0.1) is 0 Å². The molecule has 0 heterocycles. The van der Waals surface area contributed by atoms with Crippen molar-refractivity contribution in [1.29, 1.82) is 0 Å². The van der Waals surface area contributed by atoms with E-state index in [2.05, 4.69) is 12.5 Å². The number of Topliss-reactive ketones (excluding diaryl/α,β-unsaturated/α-hetero) is 1. The fourth-order valence-corrected chi connectivity index (χ4v) is 8.56. The number of carbonyl (C=O) groups excluding carboxylic acids is 1. The maximum absolute atomic E-state index is 14.2. The molecule has 6 aromatic carbocycles. The Morgan fingerprint density at radius 3 is 0.822 bits per heavy atom. The molecule has 394 valence electrons. The molecular weight excluding hydrogens is 1070 g/mol. The summed E-state index contributed by atoms with van der Waals surface area (Å²) in [6.07, 6.45) is -50.6. The topological polar surface area (TPSA) is 17.1 Å². The van der Waals surface area contributed by atoms with E-state index in [9.17, 15) is 110 Å². The number of halogens is 24. The van der Waals surface area contributed by atoms with Gasteiger partial charge in [-0.15, -0.1) is 0 Å². The van der Waals surface area contributed by atoms with Crippen LogP contribution >= 0.6 is 0 Å². The monoisotopic (exact) mass is 1090 g/mol. The smallest absolute Gasteiger partial charge is 0.289 e. The number of ketones is 1. The molecule has 0 saturated carbocycles. The van der Waals surface area contributed by atoms with Gasteiger partial charge in [0, 0.05) is 5.56 Å². The Kier molecular flexibility index (Phi) is 15.6. The molecule has 0 aliphatic carbocycles. The molecule has 0 bridgehead atoms. The zero-order valence-electron chi connectivity index (χ0n) is 36.1. The van der Waals surface area contributed by atoms with Crippen molar-refractivity contribution in [3.63, 3.8) is 0 Å². The normalized spacial score (nSPS) is 13.6. The average Bonchev–Trinajstić information content (AvgIpc) is 3.23. The van der Waals surface area contributed by atoms with Crippen molar-refractivity contribution in [2.45, 2.75) is 49.4 Å². The second-order valence-electron chi connectivity index (χ2n) is 16.3. The van der Waals surface area contributed by atoms with Crippen LogP contribution in [0.4, 0.5) is 105 Å². The summed E-state index contributed by atoms with van der Waals surface area (Å²) in [6, 6.07) is 5.17. The molecule has 0 aromatic heterocycles. The molecule has 0 fully saturated rings. The summed E-state index contributed by atoms with van der Waals surface area (Å²) in [6.45, 7) is 0. The zero-order valence-corrected chi connectivity index (χ0v) is 37.0. The van der Waals surface area contributed by atoms with Crippen LogP contribution in [0.5, 0.6) is 0 Å². The van der Waals surface area contributed by atoms with E-state index >= 15 is 0 Å². The van der Waals surface area contributed by atoms with E-state index < -0.39 is 195 Å². The van der Waals surface area contributed by atoms with E-state index in [0.717, 1.165) is 16.3 Å². The van der Waals surface area contributed by atoms with Crippen molar-refractivity contribution >= 4 is 55.4 Å². The van der Waals surface area contributed by atoms with Gasteiger partial charge < -0.3 is 0 Å². The van der Waals surface area contributed by atoms with E-state index in [1.807, 2.05) is 42.5 Å². The minimum atomic E-state index is -6.13. The maximum atomic E-state index is 14.2. The van der Waals surface area contributed by atoms with Crippen molar-refractivity contribution in [1.82, 2.24) is 0 Å². The Labute approximate surface area is 398 Å². The van der Waals surface area contributed by atoms with Crippen LogP contribution in [0.25, 0.3) is 10.8 Å². The first-order valence-electron chi connectivity index (χ1n) is 19.9. The Bertz CT molecular complexity index is 2540. The fourth-order valence-electron chi connectivity index (χ4n) is 7.88. The van der Waals surface area contributed by atoms with E-state index in [0.29, 0.717) is 5.75 Å². The molecular formula is C46H27BF24OS. The second kappa shape index (κ2) is 19.7. The predicted molar refractivity (Wildman–Crippen MR) is 222 cm³/mol. The van der Waals surface area contributed by atoms with Gasteiger partial charge in [-0.2, -0.15) is 127 Å².